The highest BCUT2D eigenvalue weighted by atomic mass is 16.5. The van der Waals surface area contributed by atoms with Crippen molar-refractivity contribution in [2.24, 2.45) is 17.1 Å². The third-order valence-corrected chi connectivity index (χ3v) is 5.53. The van der Waals surface area contributed by atoms with Crippen LogP contribution in [0.3, 0.4) is 0 Å². The summed E-state index contributed by atoms with van der Waals surface area (Å²) in [6, 6.07) is 0.666. The summed E-state index contributed by atoms with van der Waals surface area (Å²) in [5.41, 5.74) is 6.66. The first-order valence-electron chi connectivity index (χ1n) is 7.85. The van der Waals surface area contributed by atoms with Crippen LogP contribution in [0, 0.1) is 11.3 Å². The van der Waals surface area contributed by atoms with Crippen LogP contribution >= 0.6 is 0 Å². The van der Waals surface area contributed by atoms with E-state index in [1.807, 2.05) is 0 Å². The van der Waals surface area contributed by atoms with E-state index in [0.717, 1.165) is 25.7 Å². The molecule has 0 bridgehead atoms. The maximum absolute atomic E-state index is 6.07. The lowest BCUT2D eigenvalue weighted by Gasteiger charge is -2.56. The van der Waals surface area contributed by atoms with Gasteiger partial charge in [-0.2, -0.15) is 0 Å². The van der Waals surface area contributed by atoms with E-state index in [0.29, 0.717) is 11.5 Å². The molecule has 104 valence electrons. The molecule has 0 aromatic rings. The SMILES string of the molecule is NCC(C1CCCCC1)N1CC2(CCOCC2)C1. The van der Waals surface area contributed by atoms with E-state index in [-0.39, 0.29) is 0 Å². The van der Waals surface area contributed by atoms with Gasteiger partial charge in [0.05, 0.1) is 0 Å². The van der Waals surface area contributed by atoms with Crippen LogP contribution in [0.5, 0.6) is 0 Å². The molecule has 3 rings (SSSR count). The Morgan fingerprint density at radius 1 is 1.11 bits per heavy atom. The lowest BCUT2D eigenvalue weighted by molar-refractivity contribution is -0.106. The molecule has 0 aromatic heterocycles. The normalized spacial score (nSPS) is 31.2. The molecule has 1 saturated carbocycles. The van der Waals surface area contributed by atoms with Crippen LogP contribution in [0.4, 0.5) is 0 Å². The highest BCUT2D eigenvalue weighted by molar-refractivity contribution is 5.00. The van der Waals surface area contributed by atoms with Crippen molar-refractivity contribution in [1.82, 2.24) is 4.90 Å². The van der Waals surface area contributed by atoms with Gasteiger partial charge in [-0.1, -0.05) is 19.3 Å². The third kappa shape index (κ3) is 2.45. The highest BCUT2D eigenvalue weighted by Crippen LogP contribution is 2.42. The predicted octanol–water partition coefficient (Wildman–Crippen LogP) is 2.01. The molecule has 1 unspecified atom stereocenters. The summed E-state index contributed by atoms with van der Waals surface area (Å²) in [6.07, 6.45) is 9.65. The van der Waals surface area contributed by atoms with Crippen LogP contribution in [-0.2, 0) is 4.74 Å². The number of likely N-dealkylation sites (tertiary alicyclic amines) is 1. The lowest BCUT2D eigenvalue weighted by Crippen LogP contribution is -2.64. The van der Waals surface area contributed by atoms with E-state index in [1.54, 1.807) is 0 Å². The summed E-state index contributed by atoms with van der Waals surface area (Å²) in [4.78, 5) is 2.68. The quantitative estimate of drug-likeness (QED) is 0.835. The zero-order valence-corrected chi connectivity index (χ0v) is 11.6. The van der Waals surface area contributed by atoms with Crippen molar-refractivity contribution in [3.8, 4) is 0 Å². The average Bonchev–Trinajstić information content (AvgIpc) is 2.40. The van der Waals surface area contributed by atoms with Crippen molar-refractivity contribution in [3.63, 3.8) is 0 Å². The van der Waals surface area contributed by atoms with Gasteiger partial charge in [0.25, 0.3) is 0 Å². The van der Waals surface area contributed by atoms with Crippen LogP contribution in [0.2, 0.25) is 0 Å². The molecule has 3 heteroatoms. The molecule has 1 atom stereocenters. The van der Waals surface area contributed by atoms with Crippen molar-refractivity contribution in [2.45, 2.75) is 51.0 Å². The number of nitrogens with zero attached hydrogens (tertiary/aromatic N) is 1. The van der Waals surface area contributed by atoms with E-state index in [1.165, 1.54) is 58.0 Å². The van der Waals surface area contributed by atoms with E-state index in [4.69, 9.17) is 10.5 Å². The fourth-order valence-corrected chi connectivity index (χ4v) is 4.33. The molecule has 0 aromatic carbocycles. The Kier molecular flexibility index (Phi) is 3.92. The summed E-state index contributed by atoms with van der Waals surface area (Å²) >= 11 is 0. The van der Waals surface area contributed by atoms with Gasteiger partial charge in [0, 0.05) is 44.3 Å². The van der Waals surface area contributed by atoms with Gasteiger partial charge in [-0.15, -0.1) is 0 Å². The molecule has 18 heavy (non-hydrogen) atoms. The highest BCUT2D eigenvalue weighted by Gasteiger charge is 2.47. The van der Waals surface area contributed by atoms with Crippen molar-refractivity contribution >= 4 is 0 Å². The molecule has 2 N–H and O–H groups in total. The molecule has 0 radical (unpaired) electrons. The van der Waals surface area contributed by atoms with Gasteiger partial charge < -0.3 is 10.5 Å². The Balaban J connectivity index is 1.54. The molecule has 3 aliphatic rings. The molecular weight excluding hydrogens is 224 g/mol. The molecule has 1 spiro atoms. The fraction of sp³-hybridized carbons (Fsp3) is 1.00. The van der Waals surface area contributed by atoms with Gasteiger partial charge in [-0.05, 0) is 31.6 Å². The topological polar surface area (TPSA) is 38.5 Å². The van der Waals surface area contributed by atoms with Gasteiger partial charge in [0.15, 0.2) is 0 Å². The smallest absolute Gasteiger partial charge is 0.0472 e. The van der Waals surface area contributed by atoms with Crippen LogP contribution in [-0.4, -0.2) is 43.8 Å². The summed E-state index contributed by atoms with van der Waals surface area (Å²) in [7, 11) is 0. The second kappa shape index (κ2) is 5.48. The first kappa shape index (κ1) is 12.9. The standard InChI is InChI=1S/C15H28N2O/c16-10-14(13-4-2-1-3-5-13)17-11-15(12-17)6-8-18-9-7-15/h13-14H,1-12,16H2. The van der Waals surface area contributed by atoms with Crippen LogP contribution < -0.4 is 5.73 Å². The number of rotatable bonds is 3. The Morgan fingerprint density at radius 3 is 2.39 bits per heavy atom. The van der Waals surface area contributed by atoms with Crippen LogP contribution in [0.15, 0.2) is 0 Å². The summed E-state index contributed by atoms with van der Waals surface area (Å²) in [5, 5.41) is 0. The minimum atomic E-state index is 0.598. The van der Waals surface area contributed by atoms with Gasteiger partial charge in [0.1, 0.15) is 0 Å². The first-order chi connectivity index (χ1) is 8.83. The summed E-state index contributed by atoms with van der Waals surface area (Å²) in [6.45, 7) is 5.38. The molecule has 0 amide bonds. The van der Waals surface area contributed by atoms with Gasteiger partial charge in [0.2, 0.25) is 0 Å². The van der Waals surface area contributed by atoms with Crippen molar-refractivity contribution in [3.05, 3.63) is 0 Å². The minimum Gasteiger partial charge on any atom is -0.381 e. The van der Waals surface area contributed by atoms with E-state index in [2.05, 4.69) is 4.90 Å². The monoisotopic (exact) mass is 252 g/mol. The Labute approximate surface area is 111 Å². The average molecular weight is 252 g/mol. The number of hydrogen-bond acceptors (Lipinski definition) is 3. The molecule has 3 nitrogen and oxygen atoms in total. The number of ether oxygens (including phenoxy) is 1. The zero-order valence-electron chi connectivity index (χ0n) is 11.6. The van der Waals surface area contributed by atoms with Gasteiger partial charge >= 0.3 is 0 Å². The van der Waals surface area contributed by atoms with Crippen LogP contribution in [0.25, 0.3) is 0 Å². The fourth-order valence-electron chi connectivity index (χ4n) is 4.33. The van der Waals surface area contributed by atoms with E-state index < -0.39 is 0 Å². The van der Waals surface area contributed by atoms with E-state index >= 15 is 0 Å². The maximum Gasteiger partial charge on any atom is 0.0472 e. The Bertz CT molecular complexity index is 262. The maximum atomic E-state index is 6.07. The number of nitrogens with two attached hydrogens (primary N) is 1. The van der Waals surface area contributed by atoms with E-state index in [9.17, 15) is 0 Å². The molecule has 1 aliphatic carbocycles. The van der Waals surface area contributed by atoms with Crippen molar-refractivity contribution < 1.29 is 4.74 Å². The minimum absolute atomic E-state index is 0.598. The third-order valence-electron chi connectivity index (χ3n) is 5.53. The Hall–Kier alpha value is -0.120. The number of hydrogen-bond donors (Lipinski definition) is 1. The second-order valence-corrected chi connectivity index (χ2v) is 6.72. The molecule has 2 heterocycles. The molecule has 3 fully saturated rings. The summed E-state index contributed by atoms with van der Waals surface area (Å²) < 4.78 is 5.50. The van der Waals surface area contributed by atoms with Crippen molar-refractivity contribution in [2.75, 3.05) is 32.8 Å². The first-order valence-corrected chi connectivity index (χ1v) is 7.85. The molecule has 2 aliphatic heterocycles. The van der Waals surface area contributed by atoms with Gasteiger partial charge in [-0.3, -0.25) is 4.90 Å². The van der Waals surface area contributed by atoms with Crippen LogP contribution in [0.1, 0.15) is 44.9 Å². The molecule has 2 saturated heterocycles. The zero-order chi connectivity index (χ0) is 12.4. The lowest BCUT2D eigenvalue weighted by atomic mass is 9.71. The second-order valence-electron chi connectivity index (χ2n) is 6.72. The Morgan fingerprint density at radius 2 is 1.78 bits per heavy atom. The van der Waals surface area contributed by atoms with Gasteiger partial charge in [-0.25, -0.2) is 0 Å². The van der Waals surface area contributed by atoms with Crippen molar-refractivity contribution in [1.29, 1.82) is 0 Å². The molecular formula is C15H28N2O. The predicted molar refractivity (Wildman–Crippen MR) is 73.5 cm³/mol. The largest absolute Gasteiger partial charge is 0.381 e. The summed E-state index contributed by atoms with van der Waals surface area (Å²) in [5.74, 6) is 0.876.